The summed E-state index contributed by atoms with van der Waals surface area (Å²) >= 11 is 0. The average molecular weight is 776 g/mol. The molecular formula is C46H54Cl2F2N2O2. The lowest BCUT2D eigenvalue weighted by molar-refractivity contribution is 0.352. The van der Waals surface area contributed by atoms with Crippen LogP contribution in [0.15, 0.2) is 120 Å². The summed E-state index contributed by atoms with van der Waals surface area (Å²) in [6.45, 7) is 2.04. The zero-order valence-electron chi connectivity index (χ0n) is 32.2. The summed E-state index contributed by atoms with van der Waals surface area (Å²) in [5.41, 5.74) is 9.74. The molecule has 2 atom stereocenters. The lowest BCUT2D eigenvalue weighted by atomic mass is 9.81. The Morgan fingerprint density at radius 1 is 0.574 bits per heavy atom. The van der Waals surface area contributed by atoms with Gasteiger partial charge in [0.05, 0.1) is 14.2 Å². The largest absolute Gasteiger partial charge is 0.497 e. The molecule has 0 N–H and O–H groups in total. The first kappa shape index (κ1) is 44.2. The van der Waals surface area contributed by atoms with Crippen LogP contribution in [0.3, 0.4) is 0 Å². The molecule has 4 nitrogen and oxygen atoms in total. The highest BCUT2D eigenvalue weighted by Gasteiger charge is 2.23. The van der Waals surface area contributed by atoms with E-state index in [4.69, 9.17) is 9.47 Å². The Morgan fingerprint density at radius 2 is 0.944 bits per heavy atom. The fourth-order valence-corrected chi connectivity index (χ4v) is 7.05. The highest BCUT2D eigenvalue weighted by Crippen LogP contribution is 2.38. The Morgan fingerprint density at radius 3 is 1.28 bits per heavy atom. The number of ether oxygens (including phenoxy) is 2. The van der Waals surface area contributed by atoms with E-state index < -0.39 is 0 Å². The molecule has 0 amide bonds. The molecule has 54 heavy (non-hydrogen) atoms. The van der Waals surface area contributed by atoms with Gasteiger partial charge in [-0.3, -0.25) is 0 Å². The monoisotopic (exact) mass is 774 g/mol. The van der Waals surface area contributed by atoms with Crippen molar-refractivity contribution in [1.82, 2.24) is 9.80 Å². The Balaban J connectivity index is 0.000000280. The van der Waals surface area contributed by atoms with Crippen molar-refractivity contribution in [1.29, 1.82) is 0 Å². The van der Waals surface area contributed by atoms with Crippen molar-refractivity contribution in [3.8, 4) is 11.5 Å². The summed E-state index contributed by atoms with van der Waals surface area (Å²) < 4.78 is 37.1. The van der Waals surface area contributed by atoms with Gasteiger partial charge in [-0.05, 0) is 159 Å². The average Bonchev–Trinajstić information content (AvgIpc) is 3.14. The second kappa shape index (κ2) is 21.6. The van der Waals surface area contributed by atoms with Crippen molar-refractivity contribution in [2.45, 2.75) is 25.7 Å². The first-order chi connectivity index (χ1) is 25.1. The molecule has 4 aromatic carbocycles. The highest BCUT2D eigenvalue weighted by atomic mass is 35.5. The summed E-state index contributed by atoms with van der Waals surface area (Å²) in [4.78, 5) is 4.49. The number of hydrogen-bond acceptors (Lipinski definition) is 4. The number of hydrogen-bond donors (Lipinski definition) is 0. The molecule has 8 heteroatoms. The van der Waals surface area contributed by atoms with Crippen molar-refractivity contribution in [3.63, 3.8) is 0 Å². The minimum atomic E-state index is -0.200. The molecule has 0 bridgehead atoms. The van der Waals surface area contributed by atoms with Gasteiger partial charge in [0.1, 0.15) is 23.1 Å². The number of allylic oxidation sites excluding steroid dienone is 4. The molecule has 4 aromatic rings. The molecule has 288 valence electrons. The summed E-state index contributed by atoms with van der Waals surface area (Å²) in [5, 5.41) is 0. The zero-order valence-corrected chi connectivity index (χ0v) is 33.9. The van der Waals surface area contributed by atoms with Gasteiger partial charge in [-0.2, -0.15) is 0 Å². The molecule has 0 saturated heterocycles. The smallest absolute Gasteiger partial charge is 0.123 e. The predicted molar refractivity (Wildman–Crippen MR) is 228 cm³/mol. The summed E-state index contributed by atoms with van der Waals surface area (Å²) in [7, 11) is 11.9. The van der Waals surface area contributed by atoms with E-state index in [-0.39, 0.29) is 36.4 Å². The molecule has 2 aliphatic carbocycles. The Labute approximate surface area is 333 Å². The van der Waals surface area contributed by atoms with Gasteiger partial charge in [0.25, 0.3) is 0 Å². The molecule has 0 saturated carbocycles. The molecule has 0 radical (unpaired) electrons. The first-order valence-electron chi connectivity index (χ1n) is 18.0. The van der Waals surface area contributed by atoms with Crippen LogP contribution in [0.25, 0.3) is 23.3 Å². The summed E-state index contributed by atoms with van der Waals surface area (Å²) in [6.07, 6.45) is 13.2. The Kier molecular flexibility index (Phi) is 17.7. The molecule has 0 spiro atoms. The predicted octanol–water partition coefficient (Wildman–Crippen LogP) is 11.4. The third-order valence-electron chi connectivity index (χ3n) is 9.55. The van der Waals surface area contributed by atoms with E-state index in [0.717, 1.165) is 61.4 Å². The van der Waals surface area contributed by atoms with Gasteiger partial charge in [0, 0.05) is 13.1 Å². The quantitative estimate of drug-likeness (QED) is 0.160. The van der Waals surface area contributed by atoms with E-state index >= 15 is 0 Å². The molecule has 0 heterocycles. The van der Waals surface area contributed by atoms with Gasteiger partial charge in [-0.1, -0.05) is 72.8 Å². The van der Waals surface area contributed by atoms with Crippen molar-refractivity contribution in [3.05, 3.63) is 154 Å². The van der Waals surface area contributed by atoms with Crippen LogP contribution in [0.2, 0.25) is 0 Å². The van der Waals surface area contributed by atoms with E-state index in [0.29, 0.717) is 11.8 Å². The number of methoxy groups -OCH3 is 2. The first-order valence-corrected chi connectivity index (χ1v) is 18.0. The van der Waals surface area contributed by atoms with Crippen LogP contribution in [0.5, 0.6) is 11.5 Å². The SMILES string of the molecule is COc1cccc(C2=C/C(=C/c3ccc(F)cc3)CCC2CN(C)C)c1.COc1cccc(C2=C/C(=C\c3ccc(F)cc3)CCC2CN(C)C)c1.Cl.Cl. The molecule has 0 aromatic heterocycles. The summed E-state index contributed by atoms with van der Waals surface area (Å²) in [6, 6.07) is 29.9. The standard InChI is InChI=1S/2C23H26FNO.2ClH/c2*1-25(2)16-20-10-7-18(13-17-8-11-21(24)12-9-17)14-23(20)19-5-4-6-22(15-19)26-3;;/h2*4-6,8-9,11-15,20H,7,10,16H2,1-3H3;2*1H/b18-13+;18-13-;;. The van der Waals surface area contributed by atoms with Crippen LogP contribution in [-0.2, 0) is 0 Å². The fraction of sp³-hybridized carbons (Fsp3) is 0.304. The maximum atomic E-state index is 13.1. The van der Waals surface area contributed by atoms with Crippen molar-refractivity contribution < 1.29 is 18.3 Å². The third-order valence-corrected chi connectivity index (χ3v) is 9.55. The second-order valence-corrected chi connectivity index (χ2v) is 14.2. The van der Waals surface area contributed by atoms with Crippen LogP contribution in [-0.4, -0.2) is 65.3 Å². The fourth-order valence-electron chi connectivity index (χ4n) is 7.05. The van der Waals surface area contributed by atoms with Crippen LogP contribution in [0.4, 0.5) is 8.78 Å². The maximum Gasteiger partial charge on any atom is 0.123 e. The van der Waals surface area contributed by atoms with Gasteiger partial charge >= 0.3 is 0 Å². The number of nitrogens with zero attached hydrogens (tertiary/aromatic N) is 2. The van der Waals surface area contributed by atoms with Crippen molar-refractivity contribution in [2.24, 2.45) is 11.8 Å². The second-order valence-electron chi connectivity index (χ2n) is 14.2. The molecular weight excluding hydrogens is 721 g/mol. The van der Waals surface area contributed by atoms with Crippen LogP contribution < -0.4 is 9.47 Å². The van der Waals surface area contributed by atoms with Crippen LogP contribution in [0.1, 0.15) is 47.9 Å². The minimum absolute atomic E-state index is 0. The lowest BCUT2D eigenvalue weighted by Crippen LogP contribution is -2.24. The van der Waals surface area contributed by atoms with E-state index in [2.05, 4.69) is 86.6 Å². The molecule has 0 aliphatic heterocycles. The van der Waals surface area contributed by atoms with E-state index in [1.165, 1.54) is 57.7 Å². The lowest BCUT2D eigenvalue weighted by Gasteiger charge is -2.28. The number of benzene rings is 4. The highest BCUT2D eigenvalue weighted by molar-refractivity contribution is 5.85. The number of halogens is 4. The molecule has 2 aliphatic rings. The van der Waals surface area contributed by atoms with Gasteiger partial charge < -0.3 is 19.3 Å². The molecule has 2 unspecified atom stereocenters. The third kappa shape index (κ3) is 13.0. The van der Waals surface area contributed by atoms with Gasteiger partial charge in [-0.25, -0.2) is 8.78 Å². The Hall–Kier alpha value is -4.20. The van der Waals surface area contributed by atoms with Gasteiger partial charge in [0.2, 0.25) is 0 Å². The van der Waals surface area contributed by atoms with Gasteiger partial charge in [-0.15, -0.1) is 24.8 Å². The van der Waals surface area contributed by atoms with Crippen molar-refractivity contribution >= 4 is 48.1 Å². The van der Waals surface area contributed by atoms with E-state index in [1.807, 2.05) is 48.5 Å². The zero-order chi connectivity index (χ0) is 37.0. The van der Waals surface area contributed by atoms with Gasteiger partial charge in [0.15, 0.2) is 0 Å². The minimum Gasteiger partial charge on any atom is -0.497 e. The normalized spacial score (nSPS) is 18.2. The van der Waals surface area contributed by atoms with E-state index in [9.17, 15) is 8.78 Å². The van der Waals surface area contributed by atoms with Crippen LogP contribution >= 0.6 is 24.8 Å². The number of rotatable bonds is 10. The van der Waals surface area contributed by atoms with E-state index in [1.54, 1.807) is 14.2 Å². The topological polar surface area (TPSA) is 24.9 Å². The molecule has 6 rings (SSSR count). The van der Waals surface area contributed by atoms with Crippen LogP contribution in [0, 0.1) is 23.5 Å². The summed E-state index contributed by atoms with van der Waals surface area (Å²) in [5.74, 6) is 2.33. The Bertz CT molecular complexity index is 1760. The van der Waals surface area contributed by atoms with Crippen molar-refractivity contribution in [2.75, 3.05) is 55.5 Å². The molecule has 0 fully saturated rings. The maximum absolute atomic E-state index is 13.1.